The molecule has 0 aromatic heterocycles. The van der Waals surface area contributed by atoms with Crippen molar-refractivity contribution in [2.75, 3.05) is 7.11 Å². The number of nitrogens with one attached hydrogen (secondary N) is 1. The van der Waals surface area contributed by atoms with Crippen LogP contribution in [0, 0.1) is 0 Å². The monoisotopic (exact) mass is 313 g/mol. The maximum atomic E-state index is 11.8. The number of hydrogen-bond acceptors (Lipinski definition) is 2. The lowest BCUT2D eigenvalue weighted by Gasteiger charge is -2.10. The molecule has 1 unspecified atom stereocenters. The number of halogens is 1. The van der Waals surface area contributed by atoms with Crippen LogP contribution in [-0.2, 0) is 11.3 Å². The third-order valence-electron chi connectivity index (χ3n) is 2.72. The Balaban J connectivity index is 2.37. The van der Waals surface area contributed by atoms with Crippen molar-refractivity contribution in [1.29, 1.82) is 0 Å². The van der Waals surface area contributed by atoms with E-state index in [0.717, 1.165) is 30.6 Å². The Morgan fingerprint density at radius 1 is 1.39 bits per heavy atom. The van der Waals surface area contributed by atoms with Crippen LogP contribution in [0.25, 0.3) is 0 Å². The average Bonchev–Trinajstić information content (AvgIpc) is 2.42. The second-order valence-corrected chi connectivity index (χ2v) is 5.28. The Hall–Kier alpha value is -1.03. The summed E-state index contributed by atoms with van der Waals surface area (Å²) in [5, 5.41) is 2.92. The number of carbonyl (C=O) groups excluding carboxylic acids is 1. The number of rotatable bonds is 7. The topological polar surface area (TPSA) is 38.3 Å². The van der Waals surface area contributed by atoms with Crippen molar-refractivity contribution < 1.29 is 9.53 Å². The number of amides is 1. The molecule has 0 fully saturated rings. The Kier molecular flexibility index (Phi) is 6.80. The summed E-state index contributed by atoms with van der Waals surface area (Å²) in [6.07, 6.45) is 3.05. The van der Waals surface area contributed by atoms with Crippen molar-refractivity contribution in [3.8, 4) is 5.75 Å². The number of alkyl halides is 1. The molecule has 0 aliphatic rings. The molecule has 1 aromatic rings. The molecule has 1 amide bonds. The van der Waals surface area contributed by atoms with Gasteiger partial charge in [0.15, 0.2) is 0 Å². The van der Waals surface area contributed by atoms with Gasteiger partial charge in [-0.15, -0.1) is 0 Å². The first kappa shape index (κ1) is 15.0. The molecular weight excluding hydrogens is 294 g/mol. The lowest BCUT2D eigenvalue weighted by molar-refractivity contribution is -0.120. The van der Waals surface area contributed by atoms with Crippen molar-refractivity contribution in [1.82, 2.24) is 5.32 Å². The Morgan fingerprint density at radius 3 is 2.61 bits per heavy atom. The molecule has 1 atom stereocenters. The molecule has 0 bridgehead atoms. The van der Waals surface area contributed by atoms with Crippen molar-refractivity contribution in [2.45, 2.75) is 37.6 Å². The summed E-state index contributed by atoms with van der Waals surface area (Å²) in [6, 6.07) is 7.69. The number of methoxy groups -OCH3 is 1. The molecule has 0 saturated heterocycles. The molecule has 3 nitrogen and oxygen atoms in total. The van der Waals surface area contributed by atoms with Crippen molar-refractivity contribution in [3.05, 3.63) is 29.8 Å². The van der Waals surface area contributed by atoms with E-state index in [2.05, 4.69) is 28.2 Å². The lowest BCUT2D eigenvalue weighted by Crippen LogP contribution is -2.30. The predicted molar refractivity (Wildman–Crippen MR) is 77.1 cm³/mol. The second-order valence-electron chi connectivity index (χ2n) is 4.18. The summed E-state index contributed by atoms with van der Waals surface area (Å²) in [4.78, 5) is 11.7. The van der Waals surface area contributed by atoms with Crippen LogP contribution in [0.2, 0.25) is 0 Å². The van der Waals surface area contributed by atoms with E-state index in [1.165, 1.54) is 0 Å². The van der Waals surface area contributed by atoms with Gasteiger partial charge >= 0.3 is 0 Å². The molecule has 0 spiro atoms. The summed E-state index contributed by atoms with van der Waals surface area (Å²) in [5.74, 6) is 0.880. The summed E-state index contributed by atoms with van der Waals surface area (Å²) in [5.41, 5.74) is 1.07. The van der Waals surface area contributed by atoms with Gasteiger partial charge in [-0.3, -0.25) is 4.79 Å². The maximum Gasteiger partial charge on any atom is 0.234 e. The second kappa shape index (κ2) is 8.14. The van der Waals surface area contributed by atoms with Crippen LogP contribution >= 0.6 is 15.9 Å². The molecule has 1 N–H and O–H groups in total. The third kappa shape index (κ3) is 5.08. The molecule has 100 valence electrons. The Labute approximate surface area is 117 Å². The quantitative estimate of drug-likeness (QED) is 0.785. The minimum Gasteiger partial charge on any atom is -0.497 e. The van der Waals surface area contributed by atoms with Crippen LogP contribution in [-0.4, -0.2) is 17.8 Å². The van der Waals surface area contributed by atoms with E-state index in [4.69, 9.17) is 4.74 Å². The molecular formula is C14H20BrNO2. The Morgan fingerprint density at radius 2 is 2.06 bits per heavy atom. The number of ether oxygens (including phenoxy) is 1. The summed E-state index contributed by atoms with van der Waals surface area (Å²) >= 11 is 3.41. The highest BCUT2D eigenvalue weighted by Gasteiger charge is 2.13. The zero-order chi connectivity index (χ0) is 13.4. The summed E-state index contributed by atoms with van der Waals surface area (Å²) in [6.45, 7) is 2.67. The number of unbranched alkanes of at least 4 members (excludes halogenated alkanes) is 1. The first-order chi connectivity index (χ1) is 8.67. The van der Waals surface area contributed by atoms with Crippen LogP contribution in [0.15, 0.2) is 24.3 Å². The minimum absolute atomic E-state index is 0.0549. The van der Waals surface area contributed by atoms with Gasteiger partial charge in [-0.2, -0.15) is 0 Å². The first-order valence-electron chi connectivity index (χ1n) is 6.22. The van der Waals surface area contributed by atoms with Gasteiger partial charge in [0.2, 0.25) is 5.91 Å². The van der Waals surface area contributed by atoms with Gasteiger partial charge in [0.25, 0.3) is 0 Å². The van der Waals surface area contributed by atoms with Crippen molar-refractivity contribution in [2.24, 2.45) is 0 Å². The van der Waals surface area contributed by atoms with Crippen LogP contribution in [0.3, 0.4) is 0 Å². The zero-order valence-electron chi connectivity index (χ0n) is 10.9. The highest BCUT2D eigenvalue weighted by Crippen LogP contribution is 2.12. The van der Waals surface area contributed by atoms with Gasteiger partial charge in [0.1, 0.15) is 5.75 Å². The molecule has 0 aliphatic heterocycles. The van der Waals surface area contributed by atoms with Crippen molar-refractivity contribution >= 4 is 21.8 Å². The predicted octanol–water partition coefficient (Wildman–Crippen LogP) is 3.27. The van der Waals surface area contributed by atoms with E-state index < -0.39 is 0 Å². The molecule has 0 heterocycles. The average molecular weight is 314 g/mol. The van der Waals surface area contributed by atoms with Gasteiger partial charge in [0.05, 0.1) is 11.9 Å². The van der Waals surface area contributed by atoms with Crippen molar-refractivity contribution in [3.63, 3.8) is 0 Å². The number of hydrogen-bond donors (Lipinski definition) is 1. The molecule has 1 aromatic carbocycles. The molecule has 0 saturated carbocycles. The fraction of sp³-hybridized carbons (Fsp3) is 0.500. The van der Waals surface area contributed by atoms with E-state index in [1.54, 1.807) is 7.11 Å². The van der Waals surface area contributed by atoms with Crippen LogP contribution in [0.5, 0.6) is 5.75 Å². The molecule has 1 rings (SSSR count). The van der Waals surface area contributed by atoms with Gasteiger partial charge in [-0.1, -0.05) is 47.8 Å². The van der Waals surface area contributed by atoms with E-state index in [1.807, 2.05) is 24.3 Å². The summed E-state index contributed by atoms with van der Waals surface area (Å²) in [7, 11) is 1.64. The fourth-order valence-corrected chi connectivity index (χ4v) is 2.04. The maximum absolute atomic E-state index is 11.8. The van der Waals surface area contributed by atoms with Crippen LogP contribution < -0.4 is 10.1 Å². The molecule has 4 heteroatoms. The van der Waals surface area contributed by atoms with Crippen LogP contribution in [0.1, 0.15) is 31.7 Å². The van der Waals surface area contributed by atoms with Gasteiger partial charge in [0, 0.05) is 6.54 Å². The smallest absolute Gasteiger partial charge is 0.234 e. The SMILES string of the molecule is CCCCC(Br)C(=O)NCc1ccc(OC)cc1. The first-order valence-corrected chi connectivity index (χ1v) is 7.13. The lowest BCUT2D eigenvalue weighted by atomic mass is 10.2. The standard InChI is InChI=1S/C14H20BrNO2/c1-3-4-5-13(15)14(17)16-10-11-6-8-12(18-2)9-7-11/h6-9,13H,3-5,10H2,1-2H3,(H,16,17). The van der Waals surface area contributed by atoms with Gasteiger partial charge < -0.3 is 10.1 Å². The zero-order valence-corrected chi connectivity index (χ0v) is 12.5. The van der Waals surface area contributed by atoms with E-state index in [-0.39, 0.29) is 10.7 Å². The normalized spacial score (nSPS) is 11.9. The molecule has 0 radical (unpaired) electrons. The van der Waals surface area contributed by atoms with E-state index >= 15 is 0 Å². The van der Waals surface area contributed by atoms with Crippen LogP contribution in [0.4, 0.5) is 0 Å². The van der Waals surface area contributed by atoms with E-state index in [9.17, 15) is 4.79 Å². The third-order valence-corrected chi connectivity index (χ3v) is 3.60. The highest BCUT2D eigenvalue weighted by molar-refractivity contribution is 9.10. The largest absolute Gasteiger partial charge is 0.497 e. The van der Waals surface area contributed by atoms with E-state index in [0.29, 0.717) is 6.54 Å². The highest BCUT2D eigenvalue weighted by atomic mass is 79.9. The number of benzene rings is 1. The van der Waals surface area contributed by atoms with Gasteiger partial charge in [-0.25, -0.2) is 0 Å². The minimum atomic E-state index is -0.0873. The number of carbonyl (C=O) groups is 1. The van der Waals surface area contributed by atoms with Gasteiger partial charge in [-0.05, 0) is 24.1 Å². The summed E-state index contributed by atoms with van der Waals surface area (Å²) < 4.78 is 5.08. The molecule has 0 aliphatic carbocycles. The fourth-order valence-electron chi connectivity index (χ4n) is 1.56. The Bertz CT molecular complexity index is 365. The molecule has 18 heavy (non-hydrogen) atoms.